The second kappa shape index (κ2) is 10.2. The van der Waals surface area contributed by atoms with Crippen LogP contribution in [0.15, 0.2) is 146 Å². The zero-order chi connectivity index (χ0) is 37.2. The Kier molecular flexibility index (Phi) is 5.81. The fourth-order valence-corrected chi connectivity index (χ4v) is 11.4. The van der Waals surface area contributed by atoms with Crippen molar-refractivity contribution in [2.45, 2.75) is 57.8 Å². The van der Waals surface area contributed by atoms with Gasteiger partial charge >= 0.3 is 0 Å². The maximum Gasteiger partial charge on any atom is 0.252 e. The van der Waals surface area contributed by atoms with Gasteiger partial charge in [-0.05, 0) is 86.2 Å². The number of hydrogen-bond acceptors (Lipinski definition) is 3. The van der Waals surface area contributed by atoms with Gasteiger partial charge in [-0.3, -0.25) is 0 Å². The van der Waals surface area contributed by atoms with Gasteiger partial charge in [0.2, 0.25) is 0 Å². The minimum absolute atomic E-state index is 0.0819. The van der Waals surface area contributed by atoms with E-state index in [4.69, 9.17) is 0 Å². The van der Waals surface area contributed by atoms with Crippen LogP contribution in [0.5, 0.6) is 0 Å². The number of anilines is 9. The lowest BCUT2D eigenvalue weighted by Gasteiger charge is -2.52. The van der Waals surface area contributed by atoms with Crippen LogP contribution in [-0.2, 0) is 16.2 Å². The van der Waals surface area contributed by atoms with E-state index in [0.29, 0.717) is 0 Å². The number of nitrogens with zero attached hydrogens (tertiary/aromatic N) is 3. The SMILES string of the molecule is CC1(C)c2ccccc2N(c2cc3c4c(c2)N2c5ccccc5C(C)(C)c5cccc(c52)B4c2cccc4c2N3c2ccccc2C4(C)C)c2ccccc21. The van der Waals surface area contributed by atoms with Crippen LogP contribution in [0, 0.1) is 0 Å². The van der Waals surface area contributed by atoms with Crippen LogP contribution in [0.25, 0.3) is 0 Å². The third kappa shape index (κ3) is 3.69. The smallest absolute Gasteiger partial charge is 0.252 e. The van der Waals surface area contributed by atoms with E-state index in [0.717, 1.165) is 0 Å². The molecular weight excluding hydrogens is 665 g/mol. The van der Waals surface area contributed by atoms with Gasteiger partial charge in [0.05, 0.1) is 28.4 Å². The summed E-state index contributed by atoms with van der Waals surface area (Å²) in [5, 5.41) is 0. The van der Waals surface area contributed by atoms with E-state index >= 15 is 0 Å². The lowest BCUT2D eigenvalue weighted by Crippen LogP contribution is -2.63. The third-order valence-electron chi connectivity index (χ3n) is 14.0. The average Bonchev–Trinajstić information content (AvgIpc) is 3.20. The summed E-state index contributed by atoms with van der Waals surface area (Å²) in [6.07, 6.45) is 0. The predicted octanol–water partition coefficient (Wildman–Crippen LogP) is 11.2. The first-order valence-corrected chi connectivity index (χ1v) is 19.8. The zero-order valence-corrected chi connectivity index (χ0v) is 32.3. The topological polar surface area (TPSA) is 9.72 Å². The third-order valence-corrected chi connectivity index (χ3v) is 14.0. The fraction of sp³-hybridized carbons (Fsp3) is 0.176. The molecule has 5 aliphatic heterocycles. The molecule has 0 amide bonds. The lowest BCUT2D eigenvalue weighted by atomic mass is 9.32. The first-order chi connectivity index (χ1) is 26.6. The first kappa shape index (κ1) is 31.4. The number of hydrogen-bond donors (Lipinski definition) is 0. The van der Waals surface area contributed by atoms with Gasteiger partial charge < -0.3 is 14.7 Å². The summed E-state index contributed by atoms with van der Waals surface area (Å²) in [5.74, 6) is 0. The van der Waals surface area contributed by atoms with Crippen molar-refractivity contribution in [3.63, 3.8) is 0 Å². The van der Waals surface area contributed by atoms with Crippen LogP contribution in [0.3, 0.4) is 0 Å². The highest BCUT2D eigenvalue weighted by Crippen LogP contribution is 2.59. The van der Waals surface area contributed by atoms with Gasteiger partial charge in [-0.25, -0.2) is 0 Å². The Morgan fingerprint density at radius 2 is 0.673 bits per heavy atom. The van der Waals surface area contributed by atoms with Gasteiger partial charge in [-0.2, -0.15) is 0 Å². The van der Waals surface area contributed by atoms with Crippen LogP contribution in [0.4, 0.5) is 51.2 Å². The van der Waals surface area contributed by atoms with Crippen molar-refractivity contribution in [3.8, 4) is 0 Å². The van der Waals surface area contributed by atoms with Crippen molar-refractivity contribution in [2.75, 3.05) is 14.7 Å². The van der Waals surface area contributed by atoms with Crippen LogP contribution >= 0.6 is 0 Å². The Morgan fingerprint density at radius 3 is 1.07 bits per heavy atom. The van der Waals surface area contributed by atoms with Crippen LogP contribution in [0.2, 0.25) is 0 Å². The summed E-state index contributed by atoms with van der Waals surface area (Å²) < 4.78 is 0. The molecule has 7 aromatic carbocycles. The summed E-state index contributed by atoms with van der Waals surface area (Å²) >= 11 is 0. The largest absolute Gasteiger partial charge is 0.311 e. The van der Waals surface area contributed by atoms with Gasteiger partial charge in [0, 0.05) is 39.0 Å². The van der Waals surface area contributed by atoms with E-state index in [9.17, 15) is 0 Å². The molecule has 5 heterocycles. The van der Waals surface area contributed by atoms with E-state index < -0.39 is 0 Å². The van der Waals surface area contributed by atoms with Crippen molar-refractivity contribution < 1.29 is 0 Å². The van der Waals surface area contributed by atoms with E-state index in [1.54, 1.807) is 0 Å². The second-order valence-electron chi connectivity index (χ2n) is 17.8. The van der Waals surface area contributed by atoms with Crippen molar-refractivity contribution >= 4 is 74.3 Å². The van der Waals surface area contributed by atoms with Gasteiger partial charge in [-0.1, -0.05) is 151 Å². The minimum Gasteiger partial charge on any atom is -0.311 e. The zero-order valence-electron chi connectivity index (χ0n) is 32.3. The molecule has 12 rings (SSSR count). The Morgan fingerprint density at radius 1 is 0.345 bits per heavy atom. The van der Waals surface area contributed by atoms with E-state index in [2.05, 4.69) is 202 Å². The lowest BCUT2D eigenvalue weighted by molar-refractivity contribution is 0.631. The monoisotopic (exact) mass is 707 g/mol. The predicted molar refractivity (Wildman–Crippen MR) is 232 cm³/mol. The Bertz CT molecular complexity index is 2660. The molecule has 0 aromatic heterocycles. The molecule has 3 nitrogen and oxygen atoms in total. The number of fused-ring (bicyclic) bond motifs is 10. The molecule has 0 saturated carbocycles. The molecule has 7 aromatic rings. The molecule has 0 aliphatic carbocycles. The molecule has 55 heavy (non-hydrogen) atoms. The molecule has 264 valence electrons. The number of rotatable bonds is 1. The van der Waals surface area contributed by atoms with E-state index in [1.165, 1.54) is 101 Å². The normalized spacial score (nSPS) is 17.6. The van der Waals surface area contributed by atoms with Gasteiger partial charge in [0.15, 0.2) is 0 Å². The van der Waals surface area contributed by atoms with Crippen molar-refractivity contribution in [1.29, 1.82) is 0 Å². The molecule has 5 aliphatic rings. The quantitative estimate of drug-likeness (QED) is 0.157. The maximum absolute atomic E-state index is 2.63. The molecule has 0 bridgehead atoms. The number of para-hydroxylation sites is 6. The standard InChI is InChI=1S/C51H42BN3/c1-49(2)32-17-7-11-25-40(32)53(41-26-12-8-18-33(41)49)31-29-44-46-45(30-31)55-43-28-14-10-20-35(43)51(5,6)37-22-16-24-39(48(37)55)52(46)38-23-15-21-36-47(38)54(44)42-27-13-9-19-34(42)50(36,3)4/h7-30H,1-6H3. The van der Waals surface area contributed by atoms with Crippen molar-refractivity contribution in [2.24, 2.45) is 0 Å². The molecule has 0 unspecified atom stereocenters. The number of benzene rings is 7. The van der Waals surface area contributed by atoms with Gasteiger partial charge in [0.25, 0.3) is 6.71 Å². The van der Waals surface area contributed by atoms with Crippen molar-refractivity contribution in [1.82, 2.24) is 0 Å². The first-order valence-electron chi connectivity index (χ1n) is 19.8. The minimum atomic E-state index is -0.162. The van der Waals surface area contributed by atoms with Gasteiger partial charge in [0.1, 0.15) is 0 Å². The summed E-state index contributed by atoms with van der Waals surface area (Å²) in [4.78, 5) is 7.80. The molecule has 0 saturated heterocycles. The fourth-order valence-electron chi connectivity index (χ4n) is 11.4. The molecule has 4 heteroatoms. The molecule has 0 radical (unpaired) electrons. The van der Waals surface area contributed by atoms with Crippen LogP contribution in [0.1, 0.15) is 74.9 Å². The molecule has 0 fully saturated rings. The molecule has 0 atom stereocenters. The van der Waals surface area contributed by atoms with Crippen LogP contribution < -0.4 is 31.1 Å². The molecule has 0 spiro atoms. The molecule has 0 N–H and O–H groups in total. The van der Waals surface area contributed by atoms with E-state index in [-0.39, 0.29) is 23.0 Å². The maximum atomic E-state index is 2.63. The van der Waals surface area contributed by atoms with Crippen molar-refractivity contribution in [3.05, 3.63) is 179 Å². The Balaban J connectivity index is 1.25. The Labute approximate surface area is 324 Å². The highest BCUT2D eigenvalue weighted by atomic mass is 15.2. The van der Waals surface area contributed by atoms with Crippen LogP contribution in [-0.4, -0.2) is 6.71 Å². The van der Waals surface area contributed by atoms with E-state index in [1.807, 2.05) is 0 Å². The average molecular weight is 708 g/mol. The second-order valence-corrected chi connectivity index (χ2v) is 17.8. The summed E-state index contributed by atoms with van der Waals surface area (Å²) in [7, 11) is 0. The summed E-state index contributed by atoms with van der Waals surface area (Å²) in [6.45, 7) is 14.5. The van der Waals surface area contributed by atoms with Gasteiger partial charge in [-0.15, -0.1) is 0 Å². The highest BCUT2D eigenvalue weighted by Gasteiger charge is 2.51. The summed E-state index contributed by atoms with van der Waals surface area (Å²) in [6, 6.07) is 55.6. The Hall–Kier alpha value is -6.00. The summed E-state index contributed by atoms with van der Waals surface area (Å²) in [5.41, 5.74) is 23.3. The molecular formula is C51H42BN3. The highest BCUT2D eigenvalue weighted by molar-refractivity contribution is 7.00.